The second-order valence-electron chi connectivity index (χ2n) is 33.6. The van der Waals surface area contributed by atoms with Crippen LogP contribution in [0.4, 0.5) is 51.2 Å². The van der Waals surface area contributed by atoms with Gasteiger partial charge in [0.05, 0.1) is 11.4 Å². The molecule has 0 amide bonds. The summed E-state index contributed by atoms with van der Waals surface area (Å²) in [6, 6.07) is 78.1. The van der Waals surface area contributed by atoms with Gasteiger partial charge in [0, 0.05) is 56.1 Å². The molecule has 3 heterocycles. The molecule has 0 unspecified atom stereocenters. The third-order valence-electron chi connectivity index (χ3n) is 22.3. The maximum atomic E-state index is 6.67. The quantitative estimate of drug-likeness (QED) is 0.148. The van der Waals surface area contributed by atoms with Crippen LogP contribution in [0, 0.1) is 0 Å². The minimum atomic E-state index is -0.166. The number of fused-ring (bicyclic) bond motifs is 9. The molecule has 1 aromatic heterocycles. The van der Waals surface area contributed by atoms with Crippen molar-refractivity contribution in [1.82, 2.24) is 0 Å². The molecule has 93 heavy (non-hydrogen) atoms. The van der Waals surface area contributed by atoms with Crippen molar-refractivity contribution in [2.45, 2.75) is 181 Å². The van der Waals surface area contributed by atoms with E-state index in [4.69, 9.17) is 4.42 Å². The zero-order chi connectivity index (χ0) is 65.3. The number of para-hydroxylation sites is 1. The molecule has 0 fully saturated rings. The summed E-state index contributed by atoms with van der Waals surface area (Å²) in [7, 11) is 0. The molecule has 0 N–H and O–H groups in total. The molecule has 0 radical (unpaired) electrons. The highest BCUT2D eigenvalue weighted by Crippen LogP contribution is 2.55. The van der Waals surface area contributed by atoms with Crippen LogP contribution in [0.3, 0.4) is 0 Å². The Hall–Kier alpha value is -8.54. The average Bonchev–Trinajstić information content (AvgIpc) is 1.02. The Morgan fingerprint density at radius 1 is 0.366 bits per heavy atom. The summed E-state index contributed by atoms with van der Waals surface area (Å²) < 4.78 is 6.67. The summed E-state index contributed by atoms with van der Waals surface area (Å²) in [5.41, 5.74) is 30.4. The number of nitrogens with zero attached hydrogens (tertiary/aromatic N) is 3. The van der Waals surface area contributed by atoms with Crippen LogP contribution in [0.2, 0.25) is 0 Å². The molecule has 11 aromatic rings. The standard InChI is InChI=1S/C88H92BN3O/c1-82(2,3)57-31-36-60(37-32-57)90(61-38-33-58(34-39-61)83(4,5)6)63-51-76-81-77(52-63)92(73-43-35-59(84(7,8)9)49-66(73)55-24-19-18-20-25-55)74-42-30-56(64-27-23-29-79-80(64)65-26-21-22-28-78(65)93-79)48-71(74)89(81)72-53-69-70(88(16,17)47-46-87(69,14)15)54-75(72)91(76)62-40-41-67-68(50-62)86(12,13)45-44-85(67,10)11/h18-43,48-54H,44-47H2,1-17H3. The number of furan rings is 1. The summed E-state index contributed by atoms with van der Waals surface area (Å²) in [4.78, 5) is 7.96. The van der Waals surface area contributed by atoms with Gasteiger partial charge in [-0.2, -0.15) is 0 Å². The van der Waals surface area contributed by atoms with Crippen LogP contribution < -0.4 is 31.1 Å². The van der Waals surface area contributed by atoms with Gasteiger partial charge in [0.25, 0.3) is 6.71 Å². The Kier molecular flexibility index (Phi) is 13.7. The van der Waals surface area contributed by atoms with Crippen molar-refractivity contribution in [3.05, 3.63) is 239 Å². The van der Waals surface area contributed by atoms with Gasteiger partial charge in [0.2, 0.25) is 0 Å². The summed E-state index contributed by atoms with van der Waals surface area (Å²) in [5.74, 6) is 0. The highest BCUT2D eigenvalue weighted by atomic mass is 16.3. The van der Waals surface area contributed by atoms with Crippen LogP contribution in [-0.2, 0) is 37.9 Å². The molecule has 10 aromatic carbocycles. The smallest absolute Gasteiger partial charge is 0.252 e. The first-order valence-corrected chi connectivity index (χ1v) is 34.3. The van der Waals surface area contributed by atoms with E-state index >= 15 is 0 Å². The monoisotopic (exact) mass is 1220 g/mol. The van der Waals surface area contributed by atoms with Gasteiger partial charge in [-0.05, 0) is 221 Å². The molecule has 5 heteroatoms. The van der Waals surface area contributed by atoms with Crippen LogP contribution in [0.5, 0.6) is 0 Å². The molecule has 0 saturated carbocycles. The first kappa shape index (κ1) is 60.7. The largest absolute Gasteiger partial charge is 0.456 e. The topological polar surface area (TPSA) is 22.9 Å². The Labute approximate surface area is 554 Å². The summed E-state index contributed by atoms with van der Waals surface area (Å²) in [6.07, 6.45) is 4.52. The maximum absolute atomic E-state index is 6.67. The third kappa shape index (κ3) is 9.99. The van der Waals surface area contributed by atoms with Crippen molar-refractivity contribution in [2.75, 3.05) is 14.7 Å². The molecule has 2 aliphatic carbocycles. The highest BCUT2D eigenvalue weighted by Gasteiger charge is 2.48. The summed E-state index contributed by atoms with van der Waals surface area (Å²) in [6.45, 7) is 40.6. The minimum absolute atomic E-state index is 0.0240. The predicted molar refractivity (Wildman–Crippen MR) is 400 cm³/mol. The van der Waals surface area contributed by atoms with Gasteiger partial charge < -0.3 is 19.1 Å². The van der Waals surface area contributed by atoms with Crippen LogP contribution in [0.15, 0.2) is 205 Å². The molecule has 4 nitrogen and oxygen atoms in total. The minimum Gasteiger partial charge on any atom is -0.456 e. The fourth-order valence-corrected chi connectivity index (χ4v) is 16.3. The molecule has 4 aliphatic rings. The molecule has 0 atom stereocenters. The molecule has 2 aliphatic heterocycles. The molecule has 0 spiro atoms. The Balaban J connectivity index is 1.12. The van der Waals surface area contributed by atoms with Crippen molar-refractivity contribution in [2.24, 2.45) is 0 Å². The summed E-state index contributed by atoms with van der Waals surface area (Å²) >= 11 is 0. The zero-order valence-corrected chi connectivity index (χ0v) is 58.2. The van der Waals surface area contributed by atoms with Gasteiger partial charge in [-0.1, -0.05) is 233 Å². The SMILES string of the molecule is CC(C)(C)c1ccc(N(c2ccc(C(C)(C)C)cc2)c2cc3c4c(c2)N(c2ccc(C(C)(C)C)cc2-c2ccccc2)c2ccc(-c5cccc6oc7ccccc7c56)cc2B4c2cc4c(cc2N3c2ccc3c(c2)C(C)(C)CCC3(C)C)C(C)(C)CCC4(C)C)cc1. The summed E-state index contributed by atoms with van der Waals surface area (Å²) in [5, 5.41) is 2.28. The van der Waals surface area contributed by atoms with Crippen LogP contribution >= 0.6 is 0 Å². The lowest BCUT2D eigenvalue weighted by Gasteiger charge is -2.48. The zero-order valence-electron chi connectivity index (χ0n) is 58.2. The van der Waals surface area contributed by atoms with Gasteiger partial charge in [-0.3, -0.25) is 0 Å². The highest BCUT2D eigenvalue weighted by molar-refractivity contribution is 7.00. The van der Waals surface area contributed by atoms with Crippen molar-refractivity contribution in [3.63, 3.8) is 0 Å². The number of hydrogen-bond acceptors (Lipinski definition) is 4. The van der Waals surface area contributed by atoms with Crippen molar-refractivity contribution >= 4 is 96.2 Å². The molecular formula is C88H92BN3O. The van der Waals surface area contributed by atoms with Crippen LogP contribution in [0.25, 0.3) is 44.2 Å². The van der Waals surface area contributed by atoms with Crippen LogP contribution in [0.1, 0.15) is 182 Å². The van der Waals surface area contributed by atoms with Crippen LogP contribution in [-0.4, -0.2) is 6.71 Å². The van der Waals surface area contributed by atoms with E-state index in [9.17, 15) is 0 Å². The number of hydrogen-bond donors (Lipinski definition) is 0. The average molecular weight is 1220 g/mol. The third-order valence-corrected chi connectivity index (χ3v) is 22.3. The first-order chi connectivity index (χ1) is 44.0. The second-order valence-corrected chi connectivity index (χ2v) is 33.6. The fraction of sp³-hybridized carbons (Fsp3) is 0.318. The van der Waals surface area contributed by atoms with E-state index in [2.05, 4.69) is 333 Å². The predicted octanol–water partition coefficient (Wildman–Crippen LogP) is 23.1. The van der Waals surface area contributed by atoms with E-state index in [1.165, 1.54) is 106 Å². The lowest BCUT2D eigenvalue weighted by molar-refractivity contribution is 0.332. The molecule has 15 rings (SSSR count). The van der Waals surface area contributed by atoms with E-state index in [-0.39, 0.29) is 44.6 Å². The maximum Gasteiger partial charge on any atom is 0.252 e. The second kappa shape index (κ2) is 21.0. The van der Waals surface area contributed by atoms with Gasteiger partial charge in [-0.15, -0.1) is 0 Å². The van der Waals surface area contributed by atoms with Gasteiger partial charge >= 0.3 is 0 Å². The van der Waals surface area contributed by atoms with E-state index in [1.807, 2.05) is 0 Å². The Morgan fingerprint density at radius 3 is 1.49 bits per heavy atom. The van der Waals surface area contributed by atoms with E-state index in [0.29, 0.717) is 0 Å². The van der Waals surface area contributed by atoms with Crippen molar-refractivity contribution in [3.8, 4) is 22.3 Å². The number of anilines is 9. The lowest BCUT2D eigenvalue weighted by Crippen LogP contribution is -2.62. The van der Waals surface area contributed by atoms with Gasteiger partial charge in [0.15, 0.2) is 0 Å². The van der Waals surface area contributed by atoms with E-state index in [1.54, 1.807) is 0 Å². The van der Waals surface area contributed by atoms with E-state index < -0.39 is 0 Å². The fourth-order valence-electron chi connectivity index (χ4n) is 16.3. The molecule has 0 saturated heterocycles. The molecule has 0 bridgehead atoms. The Bertz CT molecular complexity index is 4750. The lowest BCUT2D eigenvalue weighted by atomic mass is 9.33. The van der Waals surface area contributed by atoms with Gasteiger partial charge in [0.1, 0.15) is 11.2 Å². The number of rotatable bonds is 7. The first-order valence-electron chi connectivity index (χ1n) is 34.3. The normalized spacial score (nSPS) is 16.8. The molecular weight excluding hydrogens is 1130 g/mol. The van der Waals surface area contributed by atoms with Gasteiger partial charge in [-0.25, -0.2) is 0 Å². The Morgan fingerprint density at radius 2 is 0.882 bits per heavy atom. The van der Waals surface area contributed by atoms with Crippen molar-refractivity contribution < 1.29 is 4.42 Å². The van der Waals surface area contributed by atoms with E-state index in [0.717, 1.165) is 70.4 Å². The molecule has 468 valence electrons. The number of benzene rings is 10. The van der Waals surface area contributed by atoms with Crippen molar-refractivity contribution in [1.29, 1.82) is 0 Å².